The molecule has 0 amide bonds. The Kier molecular flexibility index (Phi) is 8.44. The van der Waals surface area contributed by atoms with Gasteiger partial charge in [0.15, 0.2) is 6.21 Å². The van der Waals surface area contributed by atoms with Crippen molar-refractivity contribution in [3.8, 4) is 0 Å². The van der Waals surface area contributed by atoms with E-state index in [2.05, 4.69) is 94.0 Å². The Morgan fingerprint density at radius 1 is 0.657 bits per heavy atom. The molecule has 2 aromatic rings. The topological polar surface area (TPSA) is 6.02 Å². The van der Waals surface area contributed by atoms with Crippen molar-refractivity contribution in [1.29, 1.82) is 0 Å². The Hall–Kier alpha value is -1.87. The van der Waals surface area contributed by atoms with Crippen LogP contribution in [-0.4, -0.2) is 58.3 Å². The van der Waals surface area contributed by atoms with Crippen molar-refractivity contribution in [2.75, 3.05) is 31.9 Å². The highest BCUT2D eigenvalue weighted by Crippen LogP contribution is 2.52. The maximum atomic E-state index is 2.68. The quantitative estimate of drug-likeness (QED) is 0.253. The number of nitrogens with zero attached hydrogens (tertiary/aromatic N) is 2. The number of aryl methyl sites for hydroxylation is 2. The molecule has 3 heteroatoms. The van der Waals surface area contributed by atoms with E-state index >= 15 is 0 Å². The fourth-order valence-electron chi connectivity index (χ4n) is 6.51. The van der Waals surface area contributed by atoms with Crippen molar-refractivity contribution in [3.05, 3.63) is 71.8 Å². The molecule has 2 spiro atoms. The zero-order valence-electron chi connectivity index (χ0n) is 21.5. The molecule has 3 heterocycles. The Morgan fingerprint density at radius 2 is 1.29 bits per heavy atom. The molecule has 0 bridgehead atoms. The average Bonchev–Trinajstić information content (AvgIpc) is 3.45. The maximum absolute atomic E-state index is 2.68. The molecule has 2 atom stereocenters. The third kappa shape index (κ3) is 6.88. The molecule has 3 aliphatic rings. The molecule has 1 saturated heterocycles. The minimum Gasteiger partial charge on any atom is -0.239 e. The van der Waals surface area contributed by atoms with Gasteiger partial charge in [-0.05, 0) is 56.1 Å². The third-order valence-corrected chi connectivity index (χ3v) is 10.1. The maximum Gasteiger partial charge on any atom is 0.155 e. The highest BCUT2D eigenvalue weighted by atomic mass is 32.2. The van der Waals surface area contributed by atoms with Crippen molar-refractivity contribution < 1.29 is 9.15 Å². The Balaban J connectivity index is 1.06. The molecule has 0 saturated carbocycles. The van der Waals surface area contributed by atoms with Gasteiger partial charge in [0.25, 0.3) is 0 Å². The van der Waals surface area contributed by atoms with Crippen LogP contribution in [0.3, 0.4) is 0 Å². The first kappa shape index (κ1) is 24.8. The predicted molar refractivity (Wildman–Crippen MR) is 152 cm³/mol. The smallest absolute Gasteiger partial charge is 0.155 e. The second-order valence-electron chi connectivity index (χ2n) is 11.3. The molecule has 2 nitrogen and oxygen atoms in total. The van der Waals surface area contributed by atoms with Crippen molar-refractivity contribution in [2.45, 2.75) is 75.4 Å². The summed E-state index contributed by atoms with van der Waals surface area (Å²) in [6, 6.07) is 21.9. The monoisotopic (exact) mass is 488 g/mol. The molecule has 0 aromatic heterocycles. The summed E-state index contributed by atoms with van der Waals surface area (Å²) in [5.74, 6) is 1.33. The van der Waals surface area contributed by atoms with Gasteiger partial charge in [-0.2, -0.15) is 0 Å². The van der Waals surface area contributed by atoms with Crippen LogP contribution in [0.4, 0.5) is 0 Å². The lowest BCUT2D eigenvalue weighted by Gasteiger charge is -2.27. The molecule has 5 rings (SSSR count). The molecule has 186 valence electrons. The highest BCUT2D eigenvalue weighted by molar-refractivity contribution is 8.01. The van der Waals surface area contributed by atoms with Gasteiger partial charge in [-0.1, -0.05) is 60.7 Å². The molecule has 3 aliphatic heterocycles. The molecule has 1 fully saturated rings. The van der Waals surface area contributed by atoms with Crippen molar-refractivity contribution in [3.63, 3.8) is 0 Å². The number of unbranched alkanes of at least 4 members (excludes halogenated alkanes) is 3. The van der Waals surface area contributed by atoms with E-state index in [4.69, 9.17) is 0 Å². The van der Waals surface area contributed by atoms with Crippen molar-refractivity contribution in [1.82, 2.24) is 0 Å². The van der Waals surface area contributed by atoms with Crippen LogP contribution in [0.25, 0.3) is 0 Å². The summed E-state index contributed by atoms with van der Waals surface area (Å²) < 4.78 is 5.76. The predicted octanol–water partition coefficient (Wildman–Crippen LogP) is 6.65. The number of hydrogen-bond acceptors (Lipinski definition) is 1. The SMILES string of the molecule is C1=[N+](CCCCc2ccccc2)CCCC12CC1(C=[N+](CCCCCc3ccccc3)CC1)CS2. The van der Waals surface area contributed by atoms with Crippen LogP contribution in [0.5, 0.6) is 0 Å². The summed E-state index contributed by atoms with van der Waals surface area (Å²) in [4.78, 5) is 0. The van der Waals surface area contributed by atoms with E-state index in [0.717, 1.165) is 0 Å². The molecular weight excluding hydrogens is 444 g/mol. The number of thioether (sulfide) groups is 1. The Morgan fingerprint density at radius 3 is 2.00 bits per heavy atom. The van der Waals surface area contributed by atoms with E-state index in [1.807, 2.05) is 0 Å². The van der Waals surface area contributed by atoms with Gasteiger partial charge in [-0.25, -0.2) is 9.15 Å². The van der Waals surface area contributed by atoms with E-state index in [1.165, 1.54) is 114 Å². The molecular formula is C32H44N2S+2. The van der Waals surface area contributed by atoms with Gasteiger partial charge < -0.3 is 0 Å². The van der Waals surface area contributed by atoms with Gasteiger partial charge in [-0.15, -0.1) is 11.8 Å². The first-order valence-electron chi connectivity index (χ1n) is 14.1. The van der Waals surface area contributed by atoms with E-state index in [-0.39, 0.29) is 0 Å². The van der Waals surface area contributed by atoms with Crippen LogP contribution in [0, 0.1) is 5.41 Å². The summed E-state index contributed by atoms with van der Waals surface area (Å²) in [5, 5.41) is 0. The standard InChI is InChI=1S/C32H44N2S/c1-4-13-29(14-5-1)17-8-3-10-21-34-24-20-31(26-34)25-32(35-28-31)19-12-23-33(27-32)22-11-9-18-30-15-6-2-7-16-30/h1-2,4-7,13-16,26-27H,3,8-12,17-25,28H2/q+2. The highest BCUT2D eigenvalue weighted by Gasteiger charge is 2.54. The number of benzene rings is 2. The van der Waals surface area contributed by atoms with Gasteiger partial charge in [0.1, 0.15) is 32.4 Å². The van der Waals surface area contributed by atoms with E-state index in [0.29, 0.717) is 10.2 Å². The second kappa shape index (κ2) is 11.9. The summed E-state index contributed by atoms with van der Waals surface area (Å²) in [7, 11) is 0. The second-order valence-corrected chi connectivity index (χ2v) is 12.7. The molecule has 0 aliphatic carbocycles. The molecule has 0 N–H and O–H groups in total. The molecule has 0 radical (unpaired) electrons. The number of hydrogen-bond donors (Lipinski definition) is 0. The third-order valence-electron chi connectivity index (χ3n) is 8.37. The zero-order chi connectivity index (χ0) is 23.8. The van der Waals surface area contributed by atoms with Crippen molar-refractivity contribution >= 4 is 24.2 Å². The van der Waals surface area contributed by atoms with Gasteiger partial charge in [0, 0.05) is 31.4 Å². The fourth-order valence-corrected chi connectivity index (χ4v) is 8.30. The van der Waals surface area contributed by atoms with Crippen LogP contribution in [-0.2, 0) is 12.8 Å². The van der Waals surface area contributed by atoms with Gasteiger partial charge in [-0.3, -0.25) is 0 Å². The lowest BCUT2D eigenvalue weighted by atomic mass is 9.79. The average molecular weight is 489 g/mol. The van der Waals surface area contributed by atoms with Crippen LogP contribution >= 0.6 is 11.8 Å². The lowest BCUT2D eigenvalue weighted by molar-refractivity contribution is -0.530. The van der Waals surface area contributed by atoms with Crippen LogP contribution in [0.15, 0.2) is 60.7 Å². The molecule has 35 heavy (non-hydrogen) atoms. The van der Waals surface area contributed by atoms with Gasteiger partial charge in [0.05, 0.1) is 10.2 Å². The van der Waals surface area contributed by atoms with Crippen LogP contribution in [0.2, 0.25) is 0 Å². The van der Waals surface area contributed by atoms with E-state index in [1.54, 1.807) is 0 Å². The fraction of sp³-hybridized carbons (Fsp3) is 0.562. The zero-order valence-corrected chi connectivity index (χ0v) is 22.4. The summed E-state index contributed by atoms with van der Waals surface area (Å²) in [6.07, 6.45) is 19.9. The minimum absolute atomic E-state index is 0.403. The summed E-state index contributed by atoms with van der Waals surface area (Å²) >= 11 is 2.28. The van der Waals surface area contributed by atoms with Crippen molar-refractivity contribution in [2.24, 2.45) is 5.41 Å². The van der Waals surface area contributed by atoms with Crippen LogP contribution < -0.4 is 0 Å². The summed E-state index contributed by atoms with van der Waals surface area (Å²) in [5.41, 5.74) is 3.43. The lowest BCUT2D eigenvalue weighted by Crippen LogP contribution is -2.38. The van der Waals surface area contributed by atoms with E-state index in [9.17, 15) is 0 Å². The molecule has 2 aromatic carbocycles. The van der Waals surface area contributed by atoms with Gasteiger partial charge in [0.2, 0.25) is 0 Å². The Bertz CT molecular complexity index is 999. The molecule has 2 unspecified atom stereocenters. The normalized spacial score (nSPS) is 25.8. The largest absolute Gasteiger partial charge is 0.239 e. The minimum atomic E-state index is 0.403. The van der Waals surface area contributed by atoms with E-state index < -0.39 is 0 Å². The first-order valence-corrected chi connectivity index (χ1v) is 15.1. The first-order chi connectivity index (χ1) is 17.2. The van der Waals surface area contributed by atoms with Crippen LogP contribution in [0.1, 0.15) is 68.9 Å². The van der Waals surface area contributed by atoms with Gasteiger partial charge >= 0.3 is 0 Å². The number of rotatable bonds is 11. The Labute approximate surface area is 217 Å². The summed E-state index contributed by atoms with van der Waals surface area (Å²) in [6.45, 7) is 5.03.